The molecule has 0 fully saturated rings. The maximum Gasteiger partial charge on any atom is 0.119 e. The van der Waals surface area contributed by atoms with Crippen molar-refractivity contribution in [3.05, 3.63) is 75.2 Å². The Morgan fingerprint density at radius 1 is 1.17 bits per heavy atom. The number of halogens is 2. The summed E-state index contributed by atoms with van der Waals surface area (Å²) in [4.78, 5) is 0. The minimum atomic E-state index is 0.510. The first-order valence-corrected chi connectivity index (χ1v) is 8.68. The van der Waals surface area contributed by atoms with E-state index < -0.39 is 0 Å². The van der Waals surface area contributed by atoms with Crippen molar-refractivity contribution in [3.8, 4) is 5.75 Å². The molecular weight excluding hydrogens is 376 g/mol. The SMILES string of the molecule is C=CCOCc1cc(Cl)c(Cc2ccc(OCC)cc2)cc1Br. The molecule has 0 spiro atoms. The quantitative estimate of drug-likeness (QED) is 0.416. The van der Waals surface area contributed by atoms with E-state index in [2.05, 4.69) is 40.7 Å². The average molecular weight is 396 g/mol. The van der Waals surface area contributed by atoms with E-state index in [9.17, 15) is 0 Å². The van der Waals surface area contributed by atoms with Gasteiger partial charge in [0.05, 0.1) is 19.8 Å². The summed E-state index contributed by atoms with van der Waals surface area (Å²) in [5.41, 5.74) is 3.31. The first-order valence-electron chi connectivity index (χ1n) is 7.51. The minimum absolute atomic E-state index is 0.510. The van der Waals surface area contributed by atoms with Gasteiger partial charge in [-0.15, -0.1) is 6.58 Å². The number of ether oxygens (including phenoxy) is 2. The van der Waals surface area contributed by atoms with Gasteiger partial charge < -0.3 is 9.47 Å². The third-order valence-corrected chi connectivity index (χ3v) is 4.43. The van der Waals surface area contributed by atoms with Gasteiger partial charge in [0.2, 0.25) is 0 Å². The van der Waals surface area contributed by atoms with Crippen LogP contribution in [0.25, 0.3) is 0 Å². The minimum Gasteiger partial charge on any atom is -0.494 e. The molecule has 0 aromatic heterocycles. The Morgan fingerprint density at radius 2 is 1.91 bits per heavy atom. The van der Waals surface area contributed by atoms with E-state index in [0.29, 0.717) is 19.8 Å². The Hall–Kier alpha value is -1.29. The molecule has 0 amide bonds. The van der Waals surface area contributed by atoms with Crippen LogP contribution in [0.5, 0.6) is 5.75 Å². The molecule has 0 heterocycles. The number of hydrogen-bond acceptors (Lipinski definition) is 2. The van der Waals surface area contributed by atoms with Gasteiger partial charge in [-0.05, 0) is 54.3 Å². The molecule has 0 saturated carbocycles. The highest BCUT2D eigenvalue weighted by Crippen LogP contribution is 2.28. The summed E-state index contributed by atoms with van der Waals surface area (Å²) in [7, 11) is 0. The van der Waals surface area contributed by atoms with Crippen molar-refractivity contribution in [1.29, 1.82) is 0 Å². The van der Waals surface area contributed by atoms with E-state index in [1.54, 1.807) is 6.08 Å². The zero-order valence-electron chi connectivity index (χ0n) is 13.1. The van der Waals surface area contributed by atoms with Crippen LogP contribution in [0.15, 0.2) is 53.5 Å². The molecule has 0 bridgehead atoms. The van der Waals surface area contributed by atoms with Gasteiger partial charge in [0.1, 0.15) is 5.75 Å². The van der Waals surface area contributed by atoms with Crippen LogP contribution in [-0.2, 0) is 17.8 Å². The van der Waals surface area contributed by atoms with Gasteiger partial charge in [0.25, 0.3) is 0 Å². The highest BCUT2D eigenvalue weighted by atomic mass is 79.9. The molecule has 0 saturated heterocycles. The van der Waals surface area contributed by atoms with Crippen molar-refractivity contribution in [2.45, 2.75) is 20.0 Å². The molecule has 0 aliphatic carbocycles. The predicted octanol–water partition coefficient (Wildman–Crippen LogP) is 5.79. The Balaban J connectivity index is 2.10. The lowest BCUT2D eigenvalue weighted by Gasteiger charge is -2.11. The maximum absolute atomic E-state index is 6.42. The van der Waals surface area contributed by atoms with Gasteiger partial charge in [0, 0.05) is 9.50 Å². The van der Waals surface area contributed by atoms with E-state index in [4.69, 9.17) is 21.1 Å². The fourth-order valence-corrected chi connectivity index (χ4v) is 2.98. The van der Waals surface area contributed by atoms with Crippen LogP contribution in [0.2, 0.25) is 5.02 Å². The Labute approximate surface area is 151 Å². The highest BCUT2D eigenvalue weighted by molar-refractivity contribution is 9.10. The summed E-state index contributed by atoms with van der Waals surface area (Å²) in [6, 6.07) is 12.1. The van der Waals surface area contributed by atoms with Crippen LogP contribution >= 0.6 is 27.5 Å². The highest BCUT2D eigenvalue weighted by Gasteiger charge is 2.08. The molecule has 0 unspecified atom stereocenters. The molecule has 122 valence electrons. The molecule has 0 aliphatic rings. The zero-order valence-corrected chi connectivity index (χ0v) is 15.5. The van der Waals surface area contributed by atoms with Crippen LogP contribution in [0.1, 0.15) is 23.6 Å². The van der Waals surface area contributed by atoms with E-state index in [-0.39, 0.29) is 0 Å². The second-order valence-corrected chi connectivity index (χ2v) is 6.35. The van der Waals surface area contributed by atoms with Crippen molar-refractivity contribution in [2.24, 2.45) is 0 Å². The molecule has 0 N–H and O–H groups in total. The van der Waals surface area contributed by atoms with Crippen molar-refractivity contribution in [2.75, 3.05) is 13.2 Å². The summed E-state index contributed by atoms with van der Waals surface area (Å²) in [6.07, 6.45) is 2.51. The molecule has 0 aliphatic heterocycles. The molecular formula is C19H20BrClO2. The largest absolute Gasteiger partial charge is 0.494 e. The lowest BCUT2D eigenvalue weighted by molar-refractivity contribution is 0.148. The summed E-state index contributed by atoms with van der Waals surface area (Å²) in [5.74, 6) is 0.887. The van der Waals surface area contributed by atoms with Gasteiger partial charge in [-0.3, -0.25) is 0 Å². The van der Waals surface area contributed by atoms with Crippen molar-refractivity contribution in [1.82, 2.24) is 0 Å². The average Bonchev–Trinajstić information content (AvgIpc) is 2.54. The van der Waals surface area contributed by atoms with E-state index in [1.165, 1.54) is 5.56 Å². The fraction of sp³-hybridized carbons (Fsp3) is 0.263. The lowest BCUT2D eigenvalue weighted by atomic mass is 10.0. The third-order valence-electron chi connectivity index (χ3n) is 3.34. The number of hydrogen-bond donors (Lipinski definition) is 0. The molecule has 4 heteroatoms. The molecule has 2 aromatic rings. The third kappa shape index (κ3) is 5.38. The summed E-state index contributed by atoms with van der Waals surface area (Å²) >= 11 is 10.0. The van der Waals surface area contributed by atoms with Crippen LogP contribution in [0.3, 0.4) is 0 Å². The van der Waals surface area contributed by atoms with Gasteiger partial charge >= 0.3 is 0 Å². The van der Waals surface area contributed by atoms with E-state index in [0.717, 1.165) is 32.8 Å². The van der Waals surface area contributed by atoms with Gasteiger partial charge in [-0.1, -0.05) is 45.7 Å². The summed E-state index contributed by atoms with van der Waals surface area (Å²) < 4.78 is 11.9. The second-order valence-electron chi connectivity index (χ2n) is 5.09. The molecule has 23 heavy (non-hydrogen) atoms. The number of benzene rings is 2. The van der Waals surface area contributed by atoms with Gasteiger partial charge in [-0.25, -0.2) is 0 Å². The molecule has 0 atom stereocenters. The van der Waals surface area contributed by atoms with Crippen LogP contribution in [0, 0.1) is 0 Å². The van der Waals surface area contributed by atoms with E-state index >= 15 is 0 Å². The predicted molar refractivity (Wildman–Crippen MR) is 99.4 cm³/mol. The Morgan fingerprint density at radius 3 is 2.57 bits per heavy atom. The first-order chi connectivity index (χ1) is 11.1. The van der Waals surface area contributed by atoms with Crippen molar-refractivity contribution >= 4 is 27.5 Å². The van der Waals surface area contributed by atoms with Crippen LogP contribution in [0.4, 0.5) is 0 Å². The summed E-state index contributed by atoms with van der Waals surface area (Å²) in [5, 5.41) is 0.749. The summed E-state index contributed by atoms with van der Waals surface area (Å²) in [6.45, 7) is 7.33. The van der Waals surface area contributed by atoms with Crippen LogP contribution in [-0.4, -0.2) is 13.2 Å². The molecule has 2 nitrogen and oxygen atoms in total. The number of rotatable bonds is 8. The Bertz CT molecular complexity index is 653. The monoisotopic (exact) mass is 394 g/mol. The van der Waals surface area contributed by atoms with E-state index in [1.807, 2.05) is 25.1 Å². The molecule has 0 radical (unpaired) electrons. The van der Waals surface area contributed by atoms with Gasteiger partial charge in [-0.2, -0.15) is 0 Å². The molecule has 2 aromatic carbocycles. The van der Waals surface area contributed by atoms with Gasteiger partial charge in [0.15, 0.2) is 0 Å². The van der Waals surface area contributed by atoms with Crippen molar-refractivity contribution < 1.29 is 9.47 Å². The smallest absolute Gasteiger partial charge is 0.119 e. The second kappa shape index (κ2) is 9.11. The molecule has 2 rings (SSSR count). The van der Waals surface area contributed by atoms with Crippen LogP contribution < -0.4 is 4.74 Å². The first kappa shape index (κ1) is 18.1. The Kier molecular flexibility index (Phi) is 7.15. The van der Waals surface area contributed by atoms with Crippen molar-refractivity contribution in [3.63, 3.8) is 0 Å². The maximum atomic E-state index is 6.42. The topological polar surface area (TPSA) is 18.5 Å². The fourth-order valence-electron chi connectivity index (χ4n) is 2.22. The standard InChI is InChI=1S/C19H20BrClO2/c1-3-9-22-13-16-12-19(21)15(11-18(16)20)10-14-5-7-17(8-6-14)23-4-2/h3,5-8,11-12H,1,4,9-10,13H2,2H3. The lowest BCUT2D eigenvalue weighted by Crippen LogP contribution is -1.97. The normalized spacial score (nSPS) is 10.6. The zero-order chi connectivity index (χ0) is 16.7.